The van der Waals surface area contributed by atoms with Crippen LogP contribution < -0.4 is 5.32 Å². The Morgan fingerprint density at radius 2 is 2.17 bits per heavy atom. The van der Waals surface area contributed by atoms with Crippen LogP contribution >= 0.6 is 11.6 Å². The quantitative estimate of drug-likeness (QED) is 0.624. The molecule has 24 heavy (non-hydrogen) atoms. The van der Waals surface area contributed by atoms with Gasteiger partial charge in [-0.25, -0.2) is 9.38 Å². The Hall–Kier alpha value is -1.33. The van der Waals surface area contributed by atoms with Crippen molar-refractivity contribution in [1.29, 1.82) is 0 Å². The van der Waals surface area contributed by atoms with E-state index in [9.17, 15) is 4.39 Å². The van der Waals surface area contributed by atoms with Crippen molar-refractivity contribution in [1.82, 2.24) is 10.2 Å². The van der Waals surface area contributed by atoms with Crippen LogP contribution in [-0.2, 0) is 11.3 Å². The number of ether oxygens (including phenoxy) is 1. The minimum absolute atomic E-state index is 0.139. The van der Waals surface area contributed by atoms with Gasteiger partial charge in [0.05, 0.1) is 11.6 Å². The van der Waals surface area contributed by atoms with Gasteiger partial charge in [-0.05, 0) is 49.8 Å². The summed E-state index contributed by atoms with van der Waals surface area (Å²) in [4.78, 5) is 6.80. The van der Waals surface area contributed by atoms with E-state index in [1.54, 1.807) is 12.1 Å². The lowest BCUT2D eigenvalue weighted by molar-refractivity contribution is 0.0625. The second-order valence-corrected chi connectivity index (χ2v) is 6.59. The normalized spacial score (nSPS) is 16.2. The molecule has 0 unspecified atom stereocenters. The highest BCUT2D eigenvalue weighted by Gasteiger charge is 2.15. The number of aliphatic imine (C=N–C) groups is 1. The topological polar surface area (TPSA) is 36.9 Å². The minimum atomic E-state index is -0.398. The number of guanidine groups is 1. The van der Waals surface area contributed by atoms with Crippen LogP contribution in [0.15, 0.2) is 23.2 Å². The molecule has 1 aromatic rings. The molecule has 1 aromatic carbocycles. The molecule has 0 amide bonds. The van der Waals surface area contributed by atoms with Crippen molar-refractivity contribution in [2.75, 3.05) is 33.4 Å². The molecule has 0 aliphatic carbocycles. The van der Waals surface area contributed by atoms with Gasteiger partial charge in [0.1, 0.15) is 5.82 Å². The highest BCUT2D eigenvalue weighted by Crippen LogP contribution is 2.19. The Morgan fingerprint density at radius 3 is 2.83 bits per heavy atom. The van der Waals surface area contributed by atoms with Gasteiger partial charge in [-0.1, -0.05) is 17.7 Å². The maximum absolute atomic E-state index is 13.2. The molecule has 0 saturated carbocycles. The first-order chi connectivity index (χ1) is 11.6. The van der Waals surface area contributed by atoms with E-state index in [0.29, 0.717) is 6.54 Å². The van der Waals surface area contributed by atoms with Crippen LogP contribution in [0.5, 0.6) is 0 Å². The van der Waals surface area contributed by atoms with Gasteiger partial charge in [0.15, 0.2) is 5.96 Å². The number of nitrogens with one attached hydrogen (secondary N) is 1. The summed E-state index contributed by atoms with van der Waals surface area (Å²) in [6, 6.07) is 4.73. The first-order valence-electron chi connectivity index (χ1n) is 8.61. The van der Waals surface area contributed by atoms with Crippen molar-refractivity contribution in [3.05, 3.63) is 34.6 Å². The minimum Gasteiger partial charge on any atom is -0.381 e. The molecule has 1 N–H and O–H groups in total. The van der Waals surface area contributed by atoms with E-state index in [4.69, 9.17) is 16.3 Å². The monoisotopic (exact) mass is 355 g/mol. The first-order valence-corrected chi connectivity index (χ1v) is 8.99. The predicted molar refractivity (Wildman–Crippen MR) is 97.0 cm³/mol. The van der Waals surface area contributed by atoms with E-state index in [-0.39, 0.29) is 5.02 Å². The lowest BCUT2D eigenvalue weighted by Crippen LogP contribution is -2.40. The molecule has 0 spiro atoms. The van der Waals surface area contributed by atoms with Crippen molar-refractivity contribution >= 4 is 17.6 Å². The molecule has 1 aliphatic heterocycles. The number of hydrogen-bond acceptors (Lipinski definition) is 2. The molecular weight excluding hydrogens is 329 g/mol. The highest BCUT2D eigenvalue weighted by molar-refractivity contribution is 6.30. The molecule has 0 radical (unpaired) electrons. The van der Waals surface area contributed by atoms with Gasteiger partial charge in [0, 0.05) is 33.4 Å². The zero-order chi connectivity index (χ0) is 17.4. The second-order valence-electron chi connectivity index (χ2n) is 6.18. The summed E-state index contributed by atoms with van der Waals surface area (Å²) in [5.74, 6) is 1.20. The molecule has 134 valence electrons. The summed E-state index contributed by atoms with van der Waals surface area (Å²) < 4.78 is 18.6. The van der Waals surface area contributed by atoms with Gasteiger partial charge >= 0.3 is 0 Å². The summed E-state index contributed by atoms with van der Waals surface area (Å²) in [6.45, 7) is 6.06. The van der Waals surface area contributed by atoms with Crippen molar-refractivity contribution in [3.63, 3.8) is 0 Å². The third kappa shape index (κ3) is 5.95. The van der Waals surface area contributed by atoms with Crippen LogP contribution in [0.25, 0.3) is 0 Å². The second kappa shape index (κ2) is 9.84. The highest BCUT2D eigenvalue weighted by atomic mass is 35.5. The Labute approximate surface area is 149 Å². The van der Waals surface area contributed by atoms with E-state index in [0.717, 1.165) is 63.0 Å². The van der Waals surface area contributed by atoms with Crippen LogP contribution in [0.4, 0.5) is 4.39 Å². The summed E-state index contributed by atoms with van der Waals surface area (Å²) in [5, 5.41) is 3.45. The van der Waals surface area contributed by atoms with Gasteiger partial charge in [-0.3, -0.25) is 0 Å². The molecular formula is C18H27ClFN3O. The zero-order valence-corrected chi connectivity index (χ0v) is 15.3. The molecule has 0 aromatic heterocycles. The van der Waals surface area contributed by atoms with Crippen molar-refractivity contribution in [2.24, 2.45) is 10.9 Å². The van der Waals surface area contributed by atoms with Crippen molar-refractivity contribution < 1.29 is 9.13 Å². The SMILES string of the molecule is CCNC(=NCc1ccc(F)c(Cl)c1)N(C)CCC1CCOCC1. The number of rotatable bonds is 6. The van der Waals surface area contributed by atoms with Gasteiger partial charge in [0.25, 0.3) is 0 Å². The average molecular weight is 356 g/mol. The molecule has 0 bridgehead atoms. The largest absolute Gasteiger partial charge is 0.381 e. The van der Waals surface area contributed by atoms with Gasteiger partial charge in [-0.2, -0.15) is 0 Å². The van der Waals surface area contributed by atoms with Crippen LogP contribution in [0.2, 0.25) is 5.02 Å². The van der Waals surface area contributed by atoms with Gasteiger partial charge in [-0.15, -0.1) is 0 Å². The lowest BCUT2D eigenvalue weighted by Gasteiger charge is -2.26. The van der Waals surface area contributed by atoms with E-state index < -0.39 is 5.82 Å². The molecule has 2 rings (SSSR count). The molecule has 1 saturated heterocycles. The van der Waals surface area contributed by atoms with Crippen LogP contribution in [-0.4, -0.2) is 44.2 Å². The Balaban J connectivity index is 1.91. The van der Waals surface area contributed by atoms with E-state index in [2.05, 4.69) is 29.2 Å². The maximum atomic E-state index is 13.2. The summed E-state index contributed by atoms with van der Waals surface area (Å²) in [5.41, 5.74) is 0.898. The van der Waals surface area contributed by atoms with Gasteiger partial charge < -0.3 is 15.0 Å². The van der Waals surface area contributed by atoms with E-state index in [1.807, 2.05) is 0 Å². The third-order valence-electron chi connectivity index (χ3n) is 4.31. The molecule has 1 heterocycles. The summed E-state index contributed by atoms with van der Waals surface area (Å²) in [7, 11) is 2.05. The fraction of sp³-hybridized carbons (Fsp3) is 0.611. The Morgan fingerprint density at radius 1 is 1.42 bits per heavy atom. The van der Waals surface area contributed by atoms with E-state index in [1.165, 1.54) is 6.07 Å². The van der Waals surface area contributed by atoms with Crippen LogP contribution in [0.3, 0.4) is 0 Å². The lowest BCUT2D eigenvalue weighted by atomic mass is 9.96. The number of benzene rings is 1. The number of hydrogen-bond donors (Lipinski definition) is 1. The predicted octanol–water partition coefficient (Wildman–Crippen LogP) is 3.69. The molecule has 1 fully saturated rings. The molecule has 1 aliphatic rings. The van der Waals surface area contributed by atoms with Crippen LogP contribution in [0.1, 0.15) is 31.7 Å². The van der Waals surface area contributed by atoms with Gasteiger partial charge in [0.2, 0.25) is 0 Å². The maximum Gasteiger partial charge on any atom is 0.193 e. The summed E-state index contributed by atoms with van der Waals surface area (Å²) in [6.07, 6.45) is 3.44. The standard InChI is InChI=1S/C18H27ClFN3O/c1-3-21-18(22-13-15-4-5-17(20)16(19)12-15)23(2)9-6-14-7-10-24-11-8-14/h4-5,12,14H,3,6-11,13H2,1-2H3,(H,21,22). The zero-order valence-electron chi connectivity index (χ0n) is 14.5. The fourth-order valence-corrected chi connectivity index (χ4v) is 2.99. The van der Waals surface area contributed by atoms with Crippen molar-refractivity contribution in [2.45, 2.75) is 32.7 Å². The van der Waals surface area contributed by atoms with Crippen molar-refractivity contribution in [3.8, 4) is 0 Å². The molecule has 6 heteroatoms. The summed E-state index contributed by atoms with van der Waals surface area (Å²) >= 11 is 5.83. The fourth-order valence-electron chi connectivity index (χ4n) is 2.79. The molecule has 0 atom stereocenters. The van der Waals surface area contributed by atoms with E-state index >= 15 is 0 Å². The first kappa shape index (κ1) is 19.0. The Kier molecular flexibility index (Phi) is 7.79. The average Bonchev–Trinajstić information content (AvgIpc) is 2.60. The van der Waals surface area contributed by atoms with Crippen LogP contribution in [0, 0.1) is 11.7 Å². The smallest absolute Gasteiger partial charge is 0.193 e. The number of halogens is 2. The Bertz CT molecular complexity index is 547. The number of nitrogens with zero attached hydrogens (tertiary/aromatic N) is 2. The molecule has 4 nitrogen and oxygen atoms in total. The third-order valence-corrected chi connectivity index (χ3v) is 4.60.